The minimum absolute atomic E-state index is 0.240. The molecule has 0 spiro atoms. The van der Waals surface area contributed by atoms with Crippen LogP contribution in [-0.4, -0.2) is 19.1 Å². The highest BCUT2D eigenvalue weighted by Gasteiger charge is 2.42. The molecular weight excluding hydrogens is 384 g/mol. The quantitative estimate of drug-likeness (QED) is 0.583. The summed E-state index contributed by atoms with van der Waals surface area (Å²) in [5.41, 5.74) is 9.98. The lowest BCUT2D eigenvalue weighted by molar-refractivity contribution is -0.124. The fourth-order valence-electron chi connectivity index (χ4n) is 4.62. The van der Waals surface area contributed by atoms with Crippen molar-refractivity contribution in [2.24, 2.45) is 5.73 Å². The molecule has 1 saturated carbocycles. The third-order valence-electron chi connectivity index (χ3n) is 6.59. The zero-order valence-electron chi connectivity index (χ0n) is 18.0. The molecule has 0 heterocycles. The van der Waals surface area contributed by atoms with E-state index in [4.69, 9.17) is 10.5 Å². The second-order valence-corrected chi connectivity index (χ2v) is 8.40. The maximum atomic E-state index is 12.5. The molecule has 4 heteroatoms. The summed E-state index contributed by atoms with van der Waals surface area (Å²) in [6.07, 6.45) is 3.34. The van der Waals surface area contributed by atoms with Crippen LogP contribution in [0.1, 0.15) is 36.8 Å². The Morgan fingerprint density at radius 3 is 2.29 bits per heavy atom. The van der Waals surface area contributed by atoms with Gasteiger partial charge in [-0.25, -0.2) is 0 Å². The van der Waals surface area contributed by atoms with E-state index >= 15 is 0 Å². The summed E-state index contributed by atoms with van der Waals surface area (Å²) in [6.45, 7) is 0.822. The summed E-state index contributed by atoms with van der Waals surface area (Å²) in [7, 11) is 1.64. The van der Waals surface area contributed by atoms with Crippen LogP contribution in [0.4, 0.5) is 0 Å². The molecule has 0 aromatic heterocycles. The van der Waals surface area contributed by atoms with Gasteiger partial charge in [0.2, 0.25) is 5.91 Å². The first-order valence-electron chi connectivity index (χ1n) is 10.9. The van der Waals surface area contributed by atoms with Gasteiger partial charge in [-0.15, -0.1) is 0 Å². The molecule has 3 aromatic rings. The second kappa shape index (κ2) is 9.36. The van der Waals surface area contributed by atoms with Crippen molar-refractivity contribution < 1.29 is 9.53 Å². The number of carbonyl (C=O) groups is 1. The zero-order valence-corrected chi connectivity index (χ0v) is 18.0. The van der Waals surface area contributed by atoms with Crippen LogP contribution < -0.4 is 15.8 Å². The van der Waals surface area contributed by atoms with Crippen molar-refractivity contribution in [1.82, 2.24) is 5.32 Å². The highest BCUT2D eigenvalue weighted by Crippen LogP contribution is 2.40. The van der Waals surface area contributed by atoms with E-state index in [1.54, 1.807) is 7.11 Å². The van der Waals surface area contributed by atoms with Gasteiger partial charge < -0.3 is 15.8 Å². The number of hydrogen-bond acceptors (Lipinski definition) is 3. The average Bonchev–Trinajstić information content (AvgIpc) is 2.84. The van der Waals surface area contributed by atoms with Crippen molar-refractivity contribution in [3.8, 4) is 16.9 Å². The van der Waals surface area contributed by atoms with Gasteiger partial charge in [-0.1, -0.05) is 66.7 Å². The van der Waals surface area contributed by atoms with Gasteiger partial charge in [0.1, 0.15) is 5.75 Å². The van der Waals surface area contributed by atoms with Gasteiger partial charge in [0.05, 0.1) is 12.5 Å². The van der Waals surface area contributed by atoms with Crippen LogP contribution in [0.5, 0.6) is 5.75 Å². The van der Waals surface area contributed by atoms with Crippen molar-refractivity contribution in [1.29, 1.82) is 0 Å². The predicted octanol–water partition coefficient (Wildman–Crippen LogP) is 4.82. The molecule has 0 atom stereocenters. The standard InChI is InChI=1S/C27H30N2O2/c1-31-25-9-5-8-23(18-25)27(26(28)30)16-14-24(15-17-27)29-19-20-10-12-22(13-11-20)21-6-3-2-4-7-21/h2-13,18,24,29H,14-17,19H2,1H3,(H2,28,30)/t24-,27+. The maximum Gasteiger partial charge on any atom is 0.228 e. The summed E-state index contributed by atoms with van der Waals surface area (Å²) in [5, 5.41) is 3.67. The number of methoxy groups -OCH3 is 1. The van der Waals surface area contributed by atoms with Gasteiger partial charge in [-0.05, 0) is 60.1 Å². The van der Waals surface area contributed by atoms with Crippen LogP contribution in [-0.2, 0) is 16.8 Å². The van der Waals surface area contributed by atoms with Gasteiger partial charge in [-0.3, -0.25) is 4.79 Å². The van der Waals surface area contributed by atoms with Gasteiger partial charge in [0.15, 0.2) is 0 Å². The van der Waals surface area contributed by atoms with Crippen LogP contribution in [0.25, 0.3) is 11.1 Å². The molecule has 1 aliphatic rings. The fourth-order valence-corrected chi connectivity index (χ4v) is 4.62. The third kappa shape index (κ3) is 4.64. The Labute approximate surface area is 184 Å². The number of ether oxygens (including phenoxy) is 1. The second-order valence-electron chi connectivity index (χ2n) is 8.40. The SMILES string of the molecule is COc1cccc([C@]2(C(N)=O)CC[C@@H](NCc3ccc(-c4ccccc4)cc3)CC2)c1. The van der Waals surface area contributed by atoms with E-state index < -0.39 is 5.41 Å². The number of primary amides is 1. The number of nitrogens with two attached hydrogens (primary N) is 1. The van der Waals surface area contributed by atoms with Crippen LogP contribution in [0.2, 0.25) is 0 Å². The zero-order chi connectivity index (χ0) is 21.7. The minimum Gasteiger partial charge on any atom is -0.497 e. The molecule has 4 rings (SSSR count). The Morgan fingerprint density at radius 1 is 0.968 bits per heavy atom. The van der Waals surface area contributed by atoms with Crippen molar-refractivity contribution in [2.75, 3.05) is 7.11 Å². The lowest BCUT2D eigenvalue weighted by Crippen LogP contribution is -2.47. The van der Waals surface area contributed by atoms with Gasteiger partial charge in [0, 0.05) is 12.6 Å². The van der Waals surface area contributed by atoms with E-state index in [2.05, 4.69) is 53.8 Å². The Bertz CT molecular complexity index is 1010. The maximum absolute atomic E-state index is 12.5. The monoisotopic (exact) mass is 414 g/mol. The first-order chi connectivity index (χ1) is 15.1. The van der Waals surface area contributed by atoms with Gasteiger partial charge in [0.25, 0.3) is 0 Å². The lowest BCUT2D eigenvalue weighted by atomic mass is 9.67. The smallest absolute Gasteiger partial charge is 0.228 e. The summed E-state index contributed by atoms with van der Waals surface area (Å²) >= 11 is 0. The normalized spacial score (nSPS) is 20.9. The van der Waals surface area contributed by atoms with E-state index in [1.807, 2.05) is 30.3 Å². The molecule has 0 saturated heterocycles. The van der Waals surface area contributed by atoms with Crippen LogP contribution in [0, 0.1) is 0 Å². The fraction of sp³-hybridized carbons (Fsp3) is 0.296. The summed E-state index contributed by atoms with van der Waals surface area (Å²) < 4.78 is 5.35. The average molecular weight is 415 g/mol. The number of benzene rings is 3. The Balaban J connectivity index is 1.36. The van der Waals surface area contributed by atoms with Crippen LogP contribution in [0.15, 0.2) is 78.9 Å². The minimum atomic E-state index is -0.607. The van der Waals surface area contributed by atoms with Gasteiger partial charge in [-0.2, -0.15) is 0 Å². The summed E-state index contributed by atoms with van der Waals surface area (Å²) in [6, 6.07) is 27.3. The van der Waals surface area contributed by atoms with Crippen LogP contribution >= 0.6 is 0 Å². The molecule has 0 bridgehead atoms. The first kappa shape index (κ1) is 21.1. The molecule has 160 valence electrons. The number of amides is 1. The summed E-state index contributed by atoms with van der Waals surface area (Å²) in [5.74, 6) is 0.521. The molecule has 1 amide bonds. The van der Waals surface area contributed by atoms with E-state index in [-0.39, 0.29) is 5.91 Å². The van der Waals surface area contributed by atoms with Crippen molar-refractivity contribution in [3.63, 3.8) is 0 Å². The van der Waals surface area contributed by atoms with Crippen molar-refractivity contribution in [3.05, 3.63) is 90.0 Å². The number of nitrogens with one attached hydrogen (secondary N) is 1. The molecule has 0 aliphatic heterocycles. The van der Waals surface area contributed by atoms with E-state index in [1.165, 1.54) is 16.7 Å². The number of rotatable bonds is 7. The molecule has 31 heavy (non-hydrogen) atoms. The van der Waals surface area contributed by atoms with Crippen LogP contribution in [0.3, 0.4) is 0 Å². The molecule has 4 nitrogen and oxygen atoms in total. The largest absolute Gasteiger partial charge is 0.497 e. The third-order valence-corrected chi connectivity index (χ3v) is 6.59. The van der Waals surface area contributed by atoms with Crippen molar-refractivity contribution in [2.45, 2.75) is 43.7 Å². The van der Waals surface area contributed by atoms with E-state index in [0.717, 1.165) is 43.5 Å². The molecule has 3 N–H and O–H groups in total. The van der Waals surface area contributed by atoms with Crippen molar-refractivity contribution >= 4 is 5.91 Å². The molecule has 0 radical (unpaired) electrons. The molecule has 3 aromatic carbocycles. The number of hydrogen-bond donors (Lipinski definition) is 2. The molecule has 1 aliphatic carbocycles. The molecule has 0 unspecified atom stereocenters. The molecular formula is C27H30N2O2. The van der Waals surface area contributed by atoms with E-state index in [9.17, 15) is 4.79 Å². The Kier molecular flexibility index (Phi) is 6.38. The Morgan fingerprint density at radius 2 is 1.65 bits per heavy atom. The first-order valence-corrected chi connectivity index (χ1v) is 10.9. The van der Waals surface area contributed by atoms with Gasteiger partial charge >= 0.3 is 0 Å². The topological polar surface area (TPSA) is 64.3 Å². The Hall–Kier alpha value is -3.11. The summed E-state index contributed by atoms with van der Waals surface area (Å²) in [4.78, 5) is 12.5. The molecule has 1 fully saturated rings. The predicted molar refractivity (Wildman–Crippen MR) is 125 cm³/mol. The number of carbonyl (C=O) groups excluding carboxylic acids is 1. The highest BCUT2D eigenvalue weighted by molar-refractivity contribution is 5.87. The lowest BCUT2D eigenvalue weighted by Gasteiger charge is -2.38. The van der Waals surface area contributed by atoms with E-state index in [0.29, 0.717) is 6.04 Å². The highest BCUT2D eigenvalue weighted by atomic mass is 16.5.